The smallest absolute Gasteiger partial charge is 0.281 e. The Balaban J connectivity index is 2.24. The maximum absolute atomic E-state index is 12.5. The van der Waals surface area contributed by atoms with Gasteiger partial charge in [-0.2, -0.15) is 13.2 Å². The number of hydrogen-bond acceptors (Lipinski definition) is 4. The molecular weight excluding hydrogens is 295 g/mol. The van der Waals surface area contributed by atoms with Crippen molar-refractivity contribution in [2.24, 2.45) is 0 Å². The van der Waals surface area contributed by atoms with Crippen LogP contribution < -0.4 is 0 Å². The standard InChI is InChI=1S/C12H8F3NOS2/c1-7-8(4-5-9(16-7)12(13,14)15)11(17)19-10-3-2-6-18-10/h2-6H,1H3. The SMILES string of the molecule is Cc1nc(C(F)(F)F)ccc1C(=O)Sc1cccs1. The van der Waals surface area contributed by atoms with Crippen LogP contribution in [0.25, 0.3) is 0 Å². The summed E-state index contributed by atoms with van der Waals surface area (Å²) in [6.07, 6.45) is -4.49. The number of thiophene rings is 1. The van der Waals surface area contributed by atoms with Gasteiger partial charge in [0.05, 0.1) is 9.77 Å². The predicted octanol–water partition coefficient (Wildman–Crippen LogP) is 4.40. The second-order valence-electron chi connectivity index (χ2n) is 3.65. The van der Waals surface area contributed by atoms with Crippen molar-refractivity contribution in [3.05, 3.63) is 46.6 Å². The van der Waals surface area contributed by atoms with Crippen LogP contribution in [0, 0.1) is 6.92 Å². The quantitative estimate of drug-likeness (QED) is 0.770. The second-order valence-corrected chi connectivity index (χ2v) is 5.87. The number of nitrogens with zero attached hydrogens (tertiary/aromatic N) is 1. The fourth-order valence-electron chi connectivity index (χ4n) is 1.40. The maximum atomic E-state index is 12.5. The van der Waals surface area contributed by atoms with Gasteiger partial charge in [0.2, 0.25) is 5.12 Å². The first-order valence-corrected chi connectivity index (χ1v) is 6.88. The van der Waals surface area contributed by atoms with Crippen LogP contribution in [-0.4, -0.2) is 10.1 Å². The fourth-order valence-corrected chi connectivity index (χ4v) is 3.09. The third-order valence-electron chi connectivity index (χ3n) is 2.28. The molecule has 100 valence electrons. The van der Waals surface area contributed by atoms with E-state index in [1.54, 1.807) is 12.1 Å². The van der Waals surface area contributed by atoms with Gasteiger partial charge in [-0.1, -0.05) is 6.07 Å². The van der Waals surface area contributed by atoms with E-state index in [0.29, 0.717) is 0 Å². The number of aryl methyl sites for hydroxylation is 1. The van der Waals surface area contributed by atoms with Crippen molar-refractivity contribution in [2.75, 3.05) is 0 Å². The van der Waals surface area contributed by atoms with Crippen LogP contribution in [0.2, 0.25) is 0 Å². The van der Waals surface area contributed by atoms with E-state index in [4.69, 9.17) is 0 Å². The largest absolute Gasteiger partial charge is 0.433 e. The highest BCUT2D eigenvalue weighted by Gasteiger charge is 2.33. The Morgan fingerprint density at radius 1 is 1.32 bits per heavy atom. The lowest BCUT2D eigenvalue weighted by molar-refractivity contribution is -0.141. The lowest BCUT2D eigenvalue weighted by Gasteiger charge is -2.08. The third-order valence-corrected chi connectivity index (χ3v) is 4.23. The molecule has 0 N–H and O–H groups in total. The Morgan fingerprint density at radius 2 is 2.05 bits per heavy atom. The first-order valence-electron chi connectivity index (χ1n) is 5.18. The second kappa shape index (κ2) is 5.34. The Hall–Kier alpha value is -1.34. The average Bonchev–Trinajstić information content (AvgIpc) is 2.80. The molecule has 0 radical (unpaired) electrons. The van der Waals surface area contributed by atoms with Gasteiger partial charge in [-0.25, -0.2) is 4.98 Å². The summed E-state index contributed by atoms with van der Waals surface area (Å²) in [6.45, 7) is 1.40. The molecule has 0 aliphatic rings. The molecule has 0 aromatic carbocycles. The molecule has 0 bridgehead atoms. The van der Waals surface area contributed by atoms with Crippen LogP contribution in [0.3, 0.4) is 0 Å². The molecule has 0 fully saturated rings. The normalized spacial score (nSPS) is 11.6. The van der Waals surface area contributed by atoms with Gasteiger partial charge < -0.3 is 0 Å². The number of halogens is 3. The highest BCUT2D eigenvalue weighted by atomic mass is 32.2. The van der Waals surface area contributed by atoms with E-state index in [1.807, 2.05) is 5.38 Å². The average molecular weight is 303 g/mol. The predicted molar refractivity (Wildman–Crippen MR) is 68.5 cm³/mol. The van der Waals surface area contributed by atoms with Crippen LogP contribution in [-0.2, 0) is 6.18 Å². The van der Waals surface area contributed by atoms with E-state index < -0.39 is 11.9 Å². The van der Waals surface area contributed by atoms with Gasteiger partial charge in [0.15, 0.2) is 0 Å². The molecule has 19 heavy (non-hydrogen) atoms. The number of carbonyl (C=O) groups excluding carboxylic acids is 1. The summed E-state index contributed by atoms with van der Waals surface area (Å²) in [6, 6.07) is 5.58. The Kier molecular flexibility index (Phi) is 3.96. The van der Waals surface area contributed by atoms with Gasteiger partial charge in [-0.05, 0) is 42.3 Å². The summed E-state index contributed by atoms with van der Waals surface area (Å²) in [7, 11) is 0. The minimum Gasteiger partial charge on any atom is -0.281 e. The van der Waals surface area contributed by atoms with Crippen LogP contribution in [0.1, 0.15) is 21.7 Å². The van der Waals surface area contributed by atoms with E-state index in [2.05, 4.69) is 4.98 Å². The van der Waals surface area contributed by atoms with Crippen molar-refractivity contribution in [1.29, 1.82) is 0 Å². The molecule has 2 aromatic heterocycles. The van der Waals surface area contributed by atoms with Crippen LogP contribution in [0.15, 0.2) is 33.9 Å². The Labute approximate surface area is 115 Å². The number of hydrogen-bond donors (Lipinski definition) is 0. The zero-order valence-electron chi connectivity index (χ0n) is 9.69. The Bertz CT molecular complexity index is 594. The van der Waals surface area contributed by atoms with Crippen molar-refractivity contribution < 1.29 is 18.0 Å². The lowest BCUT2D eigenvalue weighted by atomic mass is 10.2. The highest BCUT2D eigenvalue weighted by molar-refractivity contribution is 8.15. The van der Waals surface area contributed by atoms with E-state index in [1.165, 1.54) is 24.3 Å². The van der Waals surface area contributed by atoms with Crippen molar-refractivity contribution >= 4 is 28.2 Å². The highest BCUT2D eigenvalue weighted by Crippen LogP contribution is 2.31. The molecule has 0 saturated carbocycles. The minimum atomic E-state index is -4.49. The number of aromatic nitrogens is 1. The summed E-state index contributed by atoms with van der Waals surface area (Å²) in [5.74, 6) is 0. The minimum absolute atomic E-state index is 0.0869. The van der Waals surface area contributed by atoms with Gasteiger partial charge >= 0.3 is 6.18 Å². The summed E-state index contributed by atoms with van der Waals surface area (Å²) in [4.78, 5) is 15.4. The molecule has 0 amide bonds. The molecule has 2 rings (SSSR count). The zero-order valence-corrected chi connectivity index (χ0v) is 11.3. The van der Waals surface area contributed by atoms with E-state index in [-0.39, 0.29) is 16.4 Å². The molecule has 0 unspecified atom stereocenters. The van der Waals surface area contributed by atoms with Crippen LogP contribution in [0.5, 0.6) is 0 Å². The van der Waals surface area contributed by atoms with Gasteiger partial charge in [0.25, 0.3) is 0 Å². The molecule has 2 nitrogen and oxygen atoms in total. The molecule has 0 aliphatic carbocycles. The van der Waals surface area contributed by atoms with Crippen molar-refractivity contribution in [2.45, 2.75) is 17.3 Å². The first kappa shape index (κ1) is 14.1. The summed E-state index contributed by atoms with van der Waals surface area (Å²) in [5, 5.41) is 1.52. The molecular formula is C12H8F3NOS2. The third kappa shape index (κ3) is 3.36. The van der Waals surface area contributed by atoms with Gasteiger partial charge in [-0.15, -0.1) is 11.3 Å². The molecule has 0 aliphatic heterocycles. The van der Waals surface area contributed by atoms with E-state index in [9.17, 15) is 18.0 Å². The summed E-state index contributed by atoms with van der Waals surface area (Å²) < 4.78 is 38.2. The molecule has 2 heterocycles. The monoisotopic (exact) mass is 303 g/mol. The molecule has 0 saturated heterocycles. The number of carbonyl (C=O) groups is 1. The zero-order chi connectivity index (χ0) is 14.0. The van der Waals surface area contributed by atoms with E-state index in [0.717, 1.165) is 22.0 Å². The molecule has 0 spiro atoms. The summed E-state index contributed by atoms with van der Waals surface area (Å²) in [5.41, 5.74) is -0.696. The van der Waals surface area contributed by atoms with Gasteiger partial charge in [0.1, 0.15) is 5.69 Å². The van der Waals surface area contributed by atoms with Gasteiger partial charge in [-0.3, -0.25) is 4.79 Å². The number of alkyl halides is 3. The number of pyridine rings is 1. The van der Waals surface area contributed by atoms with Crippen LogP contribution in [0.4, 0.5) is 13.2 Å². The topological polar surface area (TPSA) is 30.0 Å². The summed E-state index contributed by atoms with van der Waals surface area (Å²) >= 11 is 2.39. The molecule has 2 aromatic rings. The van der Waals surface area contributed by atoms with Crippen molar-refractivity contribution in [1.82, 2.24) is 4.98 Å². The first-order chi connectivity index (χ1) is 8.88. The van der Waals surface area contributed by atoms with E-state index >= 15 is 0 Å². The molecule has 0 atom stereocenters. The number of rotatable bonds is 2. The lowest BCUT2D eigenvalue weighted by Crippen LogP contribution is -2.10. The Morgan fingerprint density at radius 3 is 2.58 bits per heavy atom. The molecule has 7 heteroatoms. The fraction of sp³-hybridized carbons (Fsp3) is 0.167. The number of thioether (sulfide) groups is 1. The van der Waals surface area contributed by atoms with Crippen molar-refractivity contribution in [3.63, 3.8) is 0 Å². The van der Waals surface area contributed by atoms with Crippen LogP contribution >= 0.6 is 23.1 Å². The maximum Gasteiger partial charge on any atom is 0.433 e. The van der Waals surface area contributed by atoms with Gasteiger partial charge in [0, 0.05) is 5.69 Å². The van der Waals surface area contributed by atoms with Crippen molar-refractivity contribution in [3.8, 4) is 0 Å².